The lowest BCUT2D eigenvalue weighted by atomic mass is 10.2. The van der Waals surface area contributed by atoms with Gasteiger partial charge >= 0.3 is 0 Å². The molecule has 19 heavy (non-hydrogen) atoms. The van der Waals surface area contributed by atoms with E-state index in [1.54, 1.807) is 0 Å². The summed E-state index contributed by atoms with van der Waals surface area (Å²) >= 11 is 0. The Morgan fingerprint density at radius 2 is 1.79 bits per heavy atom. The van der Waals surface area contributed by atoms with Crippen LogP contribution in [0.1, 0.15) is 25.1 Å². The predicted octanol–water partition coefficient (Wildman–Crippen LogP) is 3.26. The fourth-order valence-corrected chi connectivity index (χ4v) is 2.27. The van der Waals surface area contributed by atoms with Gasteiger partial charge in [-0.3, -0.25) is 0 Å². The van der Waals surface area contributed by atoms with Gasteiger partial charge in [0, 0.05) is 18.8 Å². The summed E-state index contributed by atoms with van der Waals surface area (Å²) in [6.07, 6.45) is 0. The van der Waals surface area contributed by atoms with E-state index in [0.717, 1.165) is 36.0 Å². The Bertz CT molecular complexity index is 554. The summed E-state index contributed by atoms with van der Waals surface area (Å²) in [6.45, 7) is 9.93. The SMILES string of the molecule is CCN(c1ccc(C)cc1)c1c(N)c(C)nn1CC. The maximum atomic E-state index is 6.20. The van der Waals surface area contributed by atoms with Crippen LogP contribution in [0.5, 0.6) is 0 Å². The Balaban J connectivity index is 2.50. The molecular weight excluding hydrogens is 236 g/mol. The van der Waals surface area contributed by atoms with Crippen molar-refractivity contribution < 1.29 is 0 Å². The predicted molar refractivity (Wildman–Crippen MR) is 80.9 cm³/mol. The third-order valence-electron chi connectivity index (χ3n) is 3.36. The first-order valence-corrected chi connectivity index (χ1v) is 6.75. The highest BCUT2D eigenvalue weighted by Gasteiger charge is 2.18. The molecule has 0 fully saturated rings. The Morgan fingerprint density at radius 3 is 2.32 bits per heavy atom. The van der Waals surface area contributed by atoms with Crippen molar-refractivity contribution >= 4 is 17.2 Å². The van der Waals surface area contributed by atoms with Crippen LogP contribution in [0.2, 0.25) is 0 Å². The summed E-state index contributed by atoms with van der Waals surface area (Å²) in [6, 6.07) is 8.49. The minimum absolute atomic E-state index is 0.768. The molecule has 0 bridgehead atoms. The molecule has 2 rings (SSSR count). The molecule has 0 saturated heterocycles. The maximum absolute atomic E-state index is 6.20. The summed E-state index contributed by atoms with van der Waals surface area (Å²) in [7, 11) is 0. The third kappa shape index (κ3) is 2.43. The second-order valence-corrected chi connectivity index (χ2v) is 4.72. The zero-order valence-corrected chi connectivity index (χ0v) is 12.1. The van der Waals surface area contributed by atoms with Crippen LogP contribution in [0.3, 0.4) is 0 Å². The number of anilines is 3. The van der Waals surface area contributed by atoms with Crippen molar-refractivity contribution in [2.45, 2.75) is 34.2 Å². The van der Waals surface area contributed by atoms with Crippen LogP contribution in [0.4, 0.5) is 17.2 Å². The highest BCUT2D eigenvalue weighted by Crippen LogP contribution is 2.32. The van der Waals surface area contributed by atoms with Gasteiger partial charge in [0.25, 0.3) is 0 Å². The topological polar surface area (TPSA) is 47.1 Å². The molecule has 0 radical (unpaired) electrons. The minimum Gasteiger partial charge on any atom is -0.394 e. The fourth-order valence-electron chi connectivity index (χ4n) is 2.27. The van der Waals surface area contributed by atoms with Gasteiger partial charge in [-0.1, -0.05) is 17.7 Å². The van der Waals surface area contributed by atoms with Crippen LogP contribution in [0.15, 0.2) is 24.3 Å². The molecule has 0 aliphatic rings. The van der Waals surface area contributed by atoms with E-state index < -0.39 is 0 Å². The molecule has 0 aliphatic carbocycles. The van der Waals surface area contributed by atoms with Crippen LogP contribution in [0.25, 0.3) is 0 Å². The number of hydrogen-bond donors (Lipinski definition) is 1. The van der Waals surface area contributed by atoms with Crippen LogP contribution in [0, 0.1) is 13.8 Å². The van der Waals surface area contributed by atoms with Crippen molar-refractivity contribution in [3.8, 4) is 0 Å². The first kappa shape index (κ1) is 13.5. The van der Waals surface area contributed by atoms with E-state index in [2.05, 4.69) is 55.0 Å². The number of nitrogens with zero attached hydrogens (tertiary/aromatic N) is 3. The van der Waals surface area contributed by atoms with Gasteiger partial charge in [-0.15, -0.1) is 0 Å². The van der Waals surface area contributed by atoms with E-state index in [0.29, 0.717) is 0 Å². The molecule has 2 N–H and O–H groups in total. The summed E-state index contributed by atoms with van der Waals surface area (Å²) in [5, 5.41) is 4.49. The zero-order valence-electron chi connectivity index (χ0n) is 12.1. The molecule has 1 aromatic carbocycles. The quantitative estimate of drug-likeness (QED) is 0.915. The fraction of sp³-hybridized carbons (Fsp3) is 0.400. The minimum atomic E-state index is 0.768. The van der Waals surface area contributed by atoms with Gasteiger partial charge in [0.05, 0.1) is 11.4 Å². The lowest BCUT2D eigenvalue weighted by Gasteiger charge is -2.24. The molecule has 102 valence electrons. The summed E-state index contributed by atoms with van der Waals surface area (Å²) < 4.78 is 1.97. The molecule has 0 spiro atoms. The molecule has 1 heterocycles. The standard InChI is InChI=1S/C15H22N4/c1-5-18(13-9-7-11(3)8-10-13)15-14(16)12(4)17-19(15)6-2/h7-10H,5-6,16H2,1-4H3. The van der Waals surface area contributed by atoms with Crippen molar-refractivity contribution in [2.75, 3.05) is 17.2 Å². The summed E-state index contributed by atoms with van der Waals surface area (Å²) in [4.78, 5) is 2.21. The van der Waals surface area contributed by atoms with Gasteiger partial charge in [-0.05, 0) is 39.8 Å². The van der Waals surface area contributed by atoms with Crippen molar-refractivity contribution in [2.24, 2.45) is 0 Å². The average Bonchev–Trinajstić information content (AvgIpc) is 2.69. The van der Waals surface area contributed by atoms with Gasteiger partial charge < -0.3 is 10.6 Å². The Morgan fingerprint density at radius 1 is 1.16 bits per heavy atom. The molecular formula is C15H22N4. The number of aromatic nitrogens is 2. The lowest BCUT2D eigenvalue weighted by Crippen LogP contribution is -2.21. The molecule has 4 heteroatoms. The van der Waals surface area contributed by atoms with E-state index in [-0.39, 0.29) is 0 Å². The lowest BCUT2D eigenvalue weighted by molar-refractivity contribution is 0.648. The number of rotatable bonds is 4. The van der Waals surface area contributed by atoms with Gasteiger partial charge in [-0.2, -0.15) is 5.10 Å². The largest absolute Gasteiger partial charge is 0.394 e. The van der Waals surface area contributed by atoms with Gasteiger partial charge in [0.1, 0.15) is 0 Å². The van der Waals surface area contributed by atoms with Crippen molar-refractivity contribution in [3.63, 3.8) is 0 Å². The van der Waals surface area contributed by atoms with E-state index in [4.69, 9.17) is 5.73 Å². The number of aryl methyl sites for hydroxylation is 3. The number of hydrogen-bond acceptors (Lipinski definition) is 3. The highest BCUT2D eigenvalue weighted by atomic mass is 15.4. The Kier molecular flexibility index (Phi) is 3.79. The zero-order chi connectivity index (χ0) is 14.0. The molecule has 0 atom stereocenters. The number of benzene rings is 1. The smallest absolute Gasteiger partial charge is 0.155 e. The first-order valence-electron chi connectivity index (χ1n) is 6.75. The number of nitrogens with two attached hydrogens (primary N) is 1. The monoisotopic (exact) mass is 258 g/mol. The molecule has 1 aromatic heterocycles. The normalized spacial score (nSPS) is 10.7. The molecule has 2 aromatic rings. The van der Waals surface area contributed by atoms with E-state index in [1.165, 1.54) is 5.56 Å². The molecule has 0 amide bonds. The molecule has 0 saturated carbocycles. The van der Waals surface area contributed by atoms with Crippen molar-refractivity contribution in [3.05, 3.63) is 35.5 Å². The average molecular weight is 258 g/mol. The summed E-state index contributed by atoms with van der Waals surface area (Å²) in [5.41, 5.74) is 10.3. The second kappa shape index (κ2) is 5.34. The van der Waals surface area contributed by atoms with Crippen molar-refractivity contribution in [1.29, 1.82) is 0 Å². The van der Waals surface area contributed by atoms with E-state index >= 15 is 0 Å². The Labute approximate surface area is 114 Å². The third-order valence-corrected chi connectivity index (χ3v) is 3.36. The van der Waals surface area contributed by atoms with Crippen LogP contribution < -0.4 is 10.6 Å². The van der Waals surface area contributed by atoms with Gasteiger partial charge in [0.2, 0.25) is 0 Å². The highest BCUT2D eigenvalue weighted by molar-refractivity contribution is 5.73. The molecule has 0 aliphatic heterocycles. The van der Waals surface area contributed by atoms with Crippen molar-refractivity contribution in [1.82, 2.24) is 9.78 Å². The Hall–Kier alpha value is -1.97. The van der Waals surface area contributed by atoms with E-state index in [1.807, 2.05) is 11.6 Å². The number of nitrogen functional groups attached to an aromatic ring is 1. The van der Waals surface area contributed by atoms with E-state index in [9.17, 15) is 0 Å². The van der Waals surface area contributed by atoms with Gasteiger partial charge in [-0.25, -0.2) is 4.68 Å². The van der Waals surface area contributed by atoms with Crippen LogP contribution >= 0.6 is 0 Å². The maximum Gasteiger partial charge on any atom is 0.155 e. The molecule has 0 unspecified atom stereocenters. The summed E-state index contributed by atoms with van der Waals surface area (Å²) in [5.74, 6) is 0.992. The first-order chi connectivity index (χ1) is 9.08. The van der Waals surface area contributed by atoms with Crippen LogP contribution in [-0.4, -0.2) is 16.3 Å². The molecule has 4 nitrogen and oxygen atoms in total. The second-order valence-electron chi connectivity index (χ2n) is 4.72. The van der Waals surface area contributed by atoms with Gasteiger partial charge in [0.15, 0.2) is 5.82 Å². The van der Waals surface area contributed by atoms with Crippen LogP contribution in [-0.2, 0) is 6.54 Å².